The Balaban J connectivity index is 3.09. The summed E-state index contributed by atoms with van der Waals surface area (Å²) in [5.74, 6) is -2.28. The molecule has 0 amide bonds. The van der Waals surface area contributed by atoms with Crippen molar-refractivity contribution in [2.45, 2.75) is 27.2 Å². The molecule has 0 saturated heterocycles. The first kappa shape index (κ1) is 12.4. The van der Waals surface area contributed by atoms with Crippen LogP contribution in [0.2, 0.25) is 0 Å². The van der Waals surface area contributed by atoms with E-state index in [1.54, 1.807) is 13.0 Å². The number of ketones is 1. The molecule has 86 valence electrons. The zero-order chi connectivity index (χ0) is 12.3. The van der Waals surface area contributed by atoms with Crippen LogP contribution in [0.1, 0.15) is 34.8 Å². The Kier molecular flexibility index (Phi) is 3.82. The fourth-order valence-corrected chi connectivity index (χ4v) is 1.75. The van der Waals surface area contributed by atoms with Crippen molar-refractivity contribution in [1.82, 2.24) is 0 Å². The molecular weight excluding hydrogens is 204 g/mol. The molecule has 1 unspecified atom stereocenters. The van der Waals surface area contributed by atoms with Gasteiger partial charge >= 0.3 is 5.97 Å². The Morgan fingerprint density at radius 2 is 1.94 bits per heavy atom. The normalized spacial score (nSPS) is 12.2. The molecule has 0 bridgehead atoms. The maximum atomic E-state index is 12.0. The third-order valence-corrected chi connectivity index (χ3v) is 2.67. The molecule has 0 heterocycles. The average molecular weight is 220 g/mol. The van der Waals surface area contributed by atoms with Gasteiger partial charge in [-0.3, -0.25) is 9.59 Å². The van der Waals surface area contributed by atoms with Gasteiger partial charge in [0.15, 0.2) is 5.78 Å². The standard InChI is InChI=1S/C13H16O3/c1-4-10(13(15)16)12(14)11-6-5-8(2)7-9(11)3/h5-7,10H,4H2,1-3H3,(H,15,16). The van der Waals surface area contributed by atoms with Gasteiger partial charge in [0.25, 0.3) is 0 Å². The Morgan fingerprint density at radius 3 is 2.38 bits per heavy atom. The van der Waals surface area contributed by atoms with Crippen molar-refractivity contribution in [1.29, 1.82) is 0 Å². The van der Waals surface area contributed by atoms with Crippen LogP contribution in [-0.2, 0) is 4.79 Å². The second kappa shape index (κ2) is 4.92. The highest BCUT2D eigenvalue weighted by atomic mass is 16.4. The van der Waals surface area contributed by atoms with Crippen LogP contribution >= 0.6 is 0 Å². The van der Waals surface area contributed by atoms with Crippen molar-refractivity contribution in [3.63, 3.8) is 0 Å². The molecule has 0 aromatic heterocycles. The number of aryl methyl sites for hydroxylation is 2. The molecule has 1 N–H and O–H groups in total. The first-order chi connectivity index (χ1) is 7.47. The smallest absolute Gasteiger partial charge is 0.314 e. The fraction of sp³-hybridized carbons (Fsp3) is 0.385. The number of carbonyl (C=O) groups excluding carboxylic acids is 1. The van der Waals surface area contributed by atoms with Crippen LogP contribution in [0, 0.1) is 19.8 Å². The lowest BCUT2D eigenvalue weighted by Gasteiger charge is -2.11. The van der Waals surface area contributed by atoms with Gasteiger partial charge < -0.3 is 5.11 Å². The first-order valence-electron chi connectivity index (χ1n) is 5.31. The van der Waals surface area contributed by atoms with Crippen LogP contribution < -0.4 is 0 Å². The molecule has 0 saturated carbocycles. The predicted molar refractivity (Wildman–Crippen MR) is 61.7 cm³/mol. The number of carbonyl (C=O) groups is 2. The van der Waals surface area contributed by atoms with E-state index < -0.39 is 11.9 Å². The number of rotatable bonds is 4. The van der Waals surface area contributed by atoms with E-state index >= 15 is 0 Å². The number of benzene rings is 1. The lowest BCUT2D eigenvalue weighted by Crippen LogP contribution is -2.23. The monoisotopic (exact) mass is 220 g/mol. The summed E-state index contributed by atoms with van der Waals surface area (Å²) in [6.07, 6.45) is 0.321. The van der Waals surface area contributed by atoms with Crippen LogP contribution in [0.5, 0.6) is 0 Å². The van der Waals surface area contributed by atoms with Gasteiger partial charge in [-0.1, -0.05) is 30.7 Å². The number of carboxylic acids is 1. The Morgan fingerprint density at radius 1 is 1.31 bits per heavy atom. The van der Waals surface area contributed by atoms with Crippen molar-refractivity contribution in [3.8, 4) is 0 Å². The van der Waals surface area contributed by atoms with Gasteiger partial charge in [0.2, 0.25) is 0 Å². The van der Waals surface area contributed by atoms with E-state index in [9.17, 15) is 9.59 Å². The topological polar surface area (TPSA) is 54.4 Å². The maximum Gasteiger partial charge on any atom is 0.314 e. The van der Waals surface area contributed by atoms with Crippen LogP contribution in [0.3, 0.4) is 0 Å². The molecule has 0 aliphatic heterocycles. The largest absolute Gasteiger partial charge is 0.481 e. The number of hydrogen-bond acceptors (Lipinski definition) is 2. The van der Waals surface area contributed by atoms with E-state index in [0.717, 1.165) is 11.1 Å². The van der Waals surface area contributed by atoms with Gasteiger partial charge in [0, 0.05) is 5.56 Å². The third kappa shape index (κ3) is 2.48. The molecule has 0 aliphatic carbocycles. The summed E-state index contributed by atoms with van der Waals surface area (Å²) >= 11 is 0. The minimum atomic E-state index is -1.05. The molecule has 0 fully saturated rings. The van der Waals surface area contributed by atoms with E-state index in [0.29, 0.717) is 12.0 Å². The molecule has 1 atom stereocenters. The molecule has 1 aromatic rings. The fourth-order valence-electron chi connectivity index (χ4n) is 1.75. The summed E-state index contributed by atoms with van der Waals surface area (Å²) in [4.78, 5) is 22.9. The van der Waals surface area contributed by atoms with Gasteiger partial charge in [-0.05, 0) is 25.8 Å². The van der Waals surface area contributed by atoms with Crippen molar-refractivity contribution in [2.24, 2.45) is 5.92 Å². The minimum absolute atomic E-state index is 0.299. The number of aliphatic carboxylic acids is 1. The number of carboxylic acid groups (broad SMARTS) is 1. The van der Waals surface area contributed by atoms with E-state index in [-0.39, 0.29) is 5.78 Å². The highest BCUT2D eigenvalue weighted by Crippen LogP contribution is 2.17. The van der Waals surface area contributed by atoms with Crippen molar-refractivity contribution < 1.29 is 14.7 Å². The van der Waals surface area contributed by atoms with Crippen LogP contribution in [0.25, 0.3) is 0 Å². The molecule has 3 nitrogen and oxygen atoms in total. The van der Waals surface area contributed by atoms with E-state index in [1.807, 2.05) is 26.0 Å². The number of hydrogen-bond donors (Lipinski definition) is 1. The van der Waals surface area contributed by atoms with Crippen LogP contribution in [0.15, 0.2) is 18.2 Å². The summed E-state index contributed by atoms with van der Waals surface area (Å²) in [5.41, 5.74) is 2.42. The lowest BCUT2D eigenvalue weighted by molar-refractivity contribution is -0.140. The van der Waals surface area contributed by atoms with Crippen LogP contribution in [-0.4, -0.2) is 16.9 Å². The summed E-state index contributed by atoms with van der Waals surface area (Å²) in [5, 5.41) is 8.93. The average Bonchev–Trinajstić information content (AvgIpc) is 2.17. The van der Waals surface area contributed by atoms with E-state index in [1.165, 1.54) is 0 Å². The second-order valence-corrected chi connectivity index (χ2v) is 3.98. The second-order valence-electron chi connectivity index (χ2n) is 3.98. The SMILES string of the molecule is CCC(C(=O)O)C(=O)c1ccc(C)cc1C. The summed E-state index contributed by atoms with van der Waals surface area (Å²) < 4.78 is 0. The third-order valence-electron chi connectivity index (χ3n) is 2.67. The van der Waals surface area contributed by atoms with Crippen molar-refractivity contribution in [3.05, 3.63) is 34.9 Å². The zero-order valence-electron chi connectivity index (χ0n) is 9.78. The van der Waals surface area contributed by atoms with Gasteiger partial charge in [-0.15, -0.1) is 0 Å². The molecule has 16 heavy (non-hydrogen) atoms. The predicted octanol–water partition coefficient (Wildman–Crippen LogP) is 2.60. The molecule has 3 heteroatoms. The molecule has 0 radical (unpaired) electrons. The van der Waals surface area contributed by atoms with Crippen molar-refractivity contribution in [2.75, 3.05) is 0 Å². The highest BCUT2D eigenvalue weighted by Gasteiger charge is 2.26. The van der Waals surface area contributed by atoms with Gasteiger partial charge in [-0.25, -0.2) is 0 Å². The first-order valence-corrected chi connectivity index (χ1v) is 5.31. The summed E-state index contributed by atoms with van der Waals surface area (Å²) in [7, 11) is 0. The van der Waals surface area contributed by atoms with Crippen LogP contribution in [0.4, 0.5) is 0 Å². The summed E-state index contributed by atoms with van der Waals surface area (Å²) in [6, 6.07) is 5.43. The Hall–Kier alpha value is -1.64. The van der Waals surface area contributed by atoms with Gasteiger partial charge in [0.1, 0.15) is 5.92 Å². The summed E-state index contributed by atoms with van der Waals surface area (Å²) in [6.45, 7) is 5.48. The van der Waals surface area contributed by atoms with E-state index in [2.05, 4.69) is 0 Å². The highest BCUT2D eigenvalue weighted by molar-refractivity contribution is 6.08. The molecule has 1 aromatic carbocycles. The molecular formula is C13H16O3. The van der Waals surface area contributed by atoms with Gasteiger partial charge in [-0.2, -0.15) is 0 Å². The lowest BCUT2D eigenvalue weighted by atomic mass is 9.92. The van der Waals surface area contributed by atoms with E-state index in [4.69, 9.17) is 5.11 Å². The molecule has 0 aliphatic rings. The maximum absolute atomic E-state index is 12.0. The van der Waals surface area contributed by atoms with Crippen molar-refractivity contribution >= 4 is 11.8 Å². The molecule has 1 rings (SSSR count). The number of Topliss-reactive ketones (excluding diaryl/α,β-unsaturated/α-hetero) is 1. The Labute approximate surface area is 95.1 Å². The van der Waals surface area contributed by atoms with Gasteiger partial charge in [0.05, 0.1) is 0 Å². The zero-order valence-corrected chi connectivity index (χ0v) is 9.78. The molecule has 0 spiro atoms. The minimum Gasteiger partial charge on any atom is -0.481 e. The quantitative estimate of drug-likeness (QED) is 0.626. The Bertz CT molecular complexity index is 421.